The lowest BCUT2D eigenvalue weighted by atomic mass is 10.2. The fourth-order valence-electron chi connectivity index (χ4n) is 1.98. The van der Waals surface area contributed by atoms with E-state index in [1.165, 1.54) is 0 Å². The molecule has 0 unspecified atom stereocenters. The summed E-state index contributed by atoms with van der Waals surface area (Å²) in [7, 11) is 4.00. The maximum atomic E-state index is 12.6. The van der Waals surface area contributed by atoms with Crippen molar-refractivity contribution in [3.8, 4) is 0 Å². The predicted molar refractivity (Wildman–Crippen MR) is 88.2 cm³/mol. The summed E-state index contributed by atoms with van der Waals surface area (Å²) in [5.41, 5.74) is 0.582. The fourth-order valence-corrected chi connectivity index (χ4v) is 2.19. The highest BCUT2D eigenvalue weighted by molar-refractivity contribution is 6.29. The van der Waals surface area contributed by atoms with Crippen LogP contribution in [0.15, 0.2) is 12.1 Å². The summed E-state index contributed by atoms with van der Waals surface area (Å²) in [6.07, 6.45) is 0.929. The molecule has 0 bridgehead atoms. The van der Waals surface area contributed by atoms with E-state index in [-0.39, 0.29) is 5.91 Å². The Morgan fingerprint density at radius 2 is 1.95 bits per heavy atom. The molecular formula is C15H25ClN4O. The van der Waals surface area contributed by atoms with Crippen molar-refractivity contribution in [3.63, 3.8) is 0 Å². The van der Waals surface area contributed by atoms with Gasteiger partial charge in [-0.3, -0.25) is 4.79 Å². The van der Waals surface area contributed by atoms with E-state index in [1.54, 1.807) is 12.1 Å². The van der Waals surface area contributed by atoms with Gasteiger partial charge >= 0.3 is 0 Å². The topological polar surface area (TPSA) is 48.5 Å². The lowest BCUT2D eigenvalue weighted by Crippen LogP contribution is -2.37. The molecule has 118 valence electrons. The molecule has 0 aromatic carbocycles. The largest absolute Gasteiger partial charge is 0.370 e. The van der Waals surface area contributed by atoms with Gasteiger partial charge in [-0.15, -0.1) is 0 Å². The molecule has 0 aliphatic carbocycles. The third-order valence-electron chi connectivity index (χ3n) is 3.00. The van der Waals surface area contributed by atoms with Gasteiger partial charge in [-0.2, -0.15) is 0 Å². The summed E-state index contributed by atoms with van der Waals surface area (Å²) in [5.74, 6) is 0.638. The van der Waals surface area contributed by atoms with E-state index in [0.717, 1.165) is 26.1 Å². The van der Waals surface area contributed by atoms with E-state index in [2.05, 4.69) is 22.1 Å². The van der Waals surface area contributed by atoms with Crippen molar-refractivity contribution < 1.29 is 4.79 Å². The van der Waals surface area contributed by atoms with Gasteiger partial charge in [0.2, 0.25) is 0 Å². The molecule has 0 radical (unpaired) electrons. The molecular weight excluding hydrogens is 288 g/mol. The van der Waals surface area contributed by atoms with Crippen LogP contribution >= 0.6 is 11.6 Å². The summed E-state index contributed by atoms with van der Waals surface area (Å²) in [6.45, 7) is 7.06. The van der Waals surface area contributed by atoms with E-state index >= 15 is 0 Å². The summed E-state index contributed by atoms with van der Waals surface area (Å²) in [6, 6.07) is 3.39. The Hall–Kier alpha value is -1.33. The van der Waals surface area contributed by atoms with Gasteiger partial charge in [-0.1, -0.05) is 18.5 Å². The molecule has 1 aromatic heterocycles. The van der Waals surface area contributed by atoms with Gasteiger partial charge in [-0.25, -0.2) is 4.98 Å². The zero-order valence-electron chi connectivity index (χ0n) is 13.3. The van der Waals surface area contributed by atoms with Crippen molar-refractivity contribution in [2.75, 3.05) is 45.6 Å². The summed E-state index contributed by atoms with van der Waals surface area (Å²) in [5, 5.41) is 3.42. The van der Waals surface area contributed by atoms with Crippen LogP contribution in [0, 0.1) is 0 Å². The Bertz CT molecular complexity index is 465. The van der Waals surface area contributed by atoms with Crippen LogP contribution in [0.5, 0.6) is 0 Å². The second kappa shape index (κ2) is 8.85. The highest BCUT2D eigenvalue weighted by atomic mass is 35.5. The van der Waals surface area contributed by atoms with E-state index in [4.69, 9.17) is 11.6 Å². The van der Waals surface area contributed by atoms with Gasteiger partial charge in [-0.05, 0) is 39.6 Å². The van der Waals surface area contributed by atoms with E-state index < -0.39 is 0 Å². The minimum Gasteiger partial charge on any atom is -0.370 e. The number of nitrogens with zero attached hydrogens (tertiary/aromatic N) is 3. The maximum Gasteiger partial charge on any atom is 0.254 e. The van der Waals surface area contributed by atoms with E-state index in [9.17, 15) is 4.79 Å². The predicted octanol–water partition coefficient (Wildman–Crippen LogP) is 2.58. The van der Waals surface area contributed by atoms with Crippen molar-refractivity contribution in [1.29, 1.82) is 0 Å². The Balaban J connectivity index is 2.91. The SMILES string of the molecule is CCCN(CCN(C)C)C(=O)c1cc(Cl)nc(NCC)c1. The number of amides is 1. The lowest BCUT2D eigenvalue weighted by molar-refractivity contribution is 0.0745. The van der Waals surface area contributed by atoms with Crippen LogP contribution in [0.4, 0.5) is 5.82 Å². The molecule has 21 heavy (non-hydrogen) atoms. The van der Waals surface area contributed by atoms with Crippen LogP contribution in [0.1, 0.15) is 30.6 Å². The van der Waals surface area contributed by atoms with E-state index in [1.807, 2.05) is 25.9 Å². The number of hydrogen-bond donors (Lipinski definition) is 1. The molecule has 1 aromatic rings. The zero-order chi connectivity index (χ0) is 15.8. The van der Waals surface area contributed by atoms with Gasteiger partial charge in [0, 0.05) is 31.7 Å². The van der Waals surface area contributed by atoms with Crippen molar-refractivity contribution in [3.05, 3.63) is 22.8 Å². The first kappa shape index (κ1) is 17.7. The van der Waals surface area contributed by atoms with Gasteiger partial charge in [0.15, 0.2) is 0 Å². The second-order valence-electron chi connectivity index (χ2n) is 5.19. The maximum absolute atomic E-state index is 12.6. The Labute approximate surface area is 132 Å². The van der Waals surface area contributed by atoms with Gasteiger partial charge in [0.1, 0.15) is 11.0 Å². The number of carbonyl (C=O) groups excluding carboxylic acids is 1. The molecule has 0 aliphatic heterocycles. The Morgan fingerprint density at radius 1 is 1.24 bits per heavy atom. The van der Waals surface area contributed by atoms with Crippen LogP contribution < -0.4 is 5.32 Å². The minimum absolute atomic E-state index is 0.00199. The first-order chi connectivity index (χ1) is 9.97. The Morgan fingerprint density at radius 3 is 2.52 bits per heavy atom. The summed E-state index contributed by atoms with van der Waals surface area (Å²) >= 11 is 6.01. The zero-order valence-corrected chi connectivity index (χ0v) is 14.1. The third kappa shape index (κ3) is 5.89. The van der Waals surface area contributed by atoms with Crippen molar-refractivity contribution in [2.24, 2.45) is 0 Å². The molecule has 0 saturated heterocycles. The number of hydrogen-bond acceptors (Lipinski definition) is 4. The number of aromatic nitrogens is 1. The van der Waals surface area contributed by atoms with Crippen molar-refractivity contribution in [1.82, 2.24) is 14.8 Å². The van der Waals surface area contributed by atoms with Crippen molar-refractivity contribution in [2.45, 2.75) is 20.3 Å². The standard InChI is InChI=1S/C15H25ClN4O/c1-5-7-20(9-8-19(3)4)15(21)12-10-13(16)18-14(11-12)17-6-2/h10-11H,5-9H2,1-4H3,(H,17,18). The molecule has 0 saturated carbocycles. The second-order valence-corrected chi connectivity index (χ2v) is 5.58. The number of likely N-dealkylation sites (N-methyl/N-ethyl adjacent to an activating group) is 1. The van der Waals surface area contributed by atoms with Crippen LogP contribution in [0.25, 0.3) is 0 Å². The number of halogens is 1. The molecule has 0 aliphatic rings. The van der Waals surface area contributed by atoms with Crippen LogP contribution in [0.2, 0.25) is 5.15 Å². The first-order valence-electron chi connectivity index (χ1n) is 7.33. The highest BCUT2D eigenvalue weighted by Gasteiger charge is 2.16. The molecule has 1 heterocycles. The molecule has 0 atom stereocenters. The first-order valence-corrected chi connectivity index (χ1v) is 7.71. The van der Waals surface area contributed by atoms with Crippen LogP contribution in [0.3, 0.4) is 0 Å². The average Bonchev–Trinajstić information content (AvgIpc) is 2.42. The molecule has 6 heteroatoms. The number of rotatable bonds is 8. The summed E-state index contributed by atoms with van der Waals surface area (Å²) < 4.78 is 0. The normalized spacial score (nSPS) is 10.8. The van der Waals surface area contributed by atoms with Crippen molar-refractivity contribution >= 4 is 23.3 Å². The quantitative estimate of drug-likeness (QED) is 0.750. The number of nitrogens with one attached hydrogen (secondary N) is 1. The van der Waals surface area contributed by atoms with Crippen LogP contribution in [-0.2, 0) is 0 Å². The summed E-state index contributed by atoms with van der Waals surface area (Å²) in [4.78, 5) is 20.7. The third-order valence-corrected chi connectivity index (χ3v) is 3.19. The number of pyridine rings is 1. The number of anilines is 1. The van der Waals surface area contributed by atoms with E-state index in [0.29, 0.717) is 23.1 Å². The molecule has 1 N–H and O–H groups in total. The van der Waals surface area contributed by atoms with Gasteiger partial charge < -0.3 is 15.1 Å². The molecule has 0 fully saturated rings. The van der Waals surface area contributed by atoms with Crippen LogP contribution in [-0.4, -0.2) is 61.0 Å². The van der Waals surface area contributed by atoms with Gasteiger partial charge in [0.05, 0.1) is 0 Å². The molecule has 0 spiro atoms. The smallest absolute Gasteiger partial charge is 0.254 e. The minimum atomic E-state index is 0.00199. The average molecular weight is 313 g/mol. The van der Waals surface area contributed by atoms with Gasteiger partial charge in [0.25, 0.3) is 5.91 Å². The highest BCUT2D eigenvalue weighted by Crippen LogP contribution is 2.16. The Kier molecular flexibility index (Phi) is 7.47. The molecule has 5 nitrogen and oxygen atoms in total. The lowest BCUT2D eigenvalue weighted by Gasteiger charge is -2.24. The monoisotopic (exact) mass is 312 g/mol. The number of carbonyl (C=O) groups is 1. The molecule has 1 rings (SSSR count). The molecule has 1 amide bonds. The fraction of sp³-hybridized carbons (Fsp3) is 0.600.